The first-order valence-corrected chi connectivity index (χ1v) is 8.47. The number of carbonyl (C=O) groups excluding carboxylic acids is 1. The molecule has 1 amide bonds. The zero-order chi connectivity index (χ0) is 16.9. The maximum Gasteiger partial charge on any atom is 0.227 e. The molecule has 5 heteroatoms. The van der Waals surface area contributed by atoms with Crippen molar-refractivity contribution in [3.05, 3.63) is 65.7 Å². The lowest BCUT2D eigenvalue weighted by molar-refractivity contribution is -0.129. The zero-order valence-corrected chi connectivity index (χ0v) is 15.2. The van der Waals surface area contributed by atoms with E-state index in [1.807, 2.05) is 54.3 Å². The third-order valence-electron chi connectivity index (χ3n) is 4.54. The fourth-order valence-corrected chi connectivity index (χ4v) is 3.24. The highest BCUT2D eigenvalue weighted by molar-refractivity contribution is 5.85. The van der Waals surface area contributed by atoms with Crippen molar-refractivity contribution < 1.29 is 9.53 Å². The fourth-order valence-electron chi connectivity index (χ4n) is 3.24. The Hall–Kier alpha value is -2.04. The van der Waals surface area contributed by atoms with Gasteiger partial charge in [0, 0.05) is 25.0 Å². The van der Waals surface area contributed by atoms with Crippen molar-refractivity contribution in [2.45, 2.75) is 25.3 Å². The summed E-state index contributed by atoms with van der Waals surface area (Å²) < 4.78 is 5.43. The third kappa shape index (κ3) is 4.74. The Morgan fingerprint density at radius 1 is 1.12 bits per heavy atom. The standard InChI is InChI=1S/C20H24N2O2.ClH/c1-2-24-17-10-8-15(9-11-17)12-20(23)22-13-18(19(21)14-22)16-6-4-3-5-7-16;/h3-11,18-19H,2,12-14,21H2,1H3;1H/t18-,19+;/m0./s1. The molecule has 0 aromatic heterocycles. The predicted octanol–water partition coefficient (Wildman–Crippen LogP) is 3.00. The van der Waals surface area contributed by atoms with Gasteiger partial charge in [0.25, 0.3) is 0 Å². The molecular formula is C20H25ClN2O2. The van der Waals surface area contributed by atoms with E-state index in [9.17, 15) is 4.79 Å². The van der Waals surface area contributed by atoms with Crippen molar-refractivity contribution in [3.63, 3.8) is 0 Å². The maximum atomic E-state index is 12.6. The van der Waals surface area contributed by atoms with Crippen LogP contribution in [0, 0.1) is 0 Å². The number of hydrogen-bond acceptors (Lipinski definition) is 3. The van der Waals surface area contributed by atoms with Gasteiger partial charge in [-0.05, 0) is 30.2 Å². The number of carbonyl (C=O) groups is 1. The highest BCUT2D eigenvalue weighted by atomic mass is 35.5. The van der Waals surface area contributed by atoms with E-state index in [2.05, 4.69) is 12.1 Å². The Morgan fingerprint density at radius 3 is 2.44 bits per heavy atom. The molecule has 0 saturated carbocycles. The van der Waals surface area contributed by atoms with Crippen LogP contribution in [0.5, 0.6) is 5.75 Å². The van der Waals surface area contributed by atoms with Crippen LogP contribution in [0.1, 0.15) is 24.0 Å². The van der Waals surface area contributed by atoms with Gasteiger partial charge in [0.2, 0.25) is 5.91 Å². The molecule has 2 aromatic rings. The lowest BCUT2D eigenvalue weighted by Gasteiger charge is -2.16. The van der Waals surface area contributed by atoms with Gasteiger partial charge in [0.15, 0.2) is 0 Å². The lowest BCUT2D eigenvalue weighted by atomic mass is 9.95. The number of benzene rings is 2. The van der Waals surface area contributed by atoms with Gasteiger partial charge in [-0.3, -0.25) is 4.79 Å². The van der Waals surface area contributed by atoms with Gasteiger partial charge in [-0.25, -0.2) is 0 Å². The molecule has 1 aliphatic heterocycles. The van der Waals surface area contributed by atoms with E-state index in [1.165, 1.54) is 5.56 Å². The highest BCUT2D eigenvalue weighted by Gasteiger charge is 2.33. The van der Waals surface area contributed by atoms with Crippen LogP contribution in [0.3, 0.4) is 0 Å². The van der Waals surface area contributed by atoms with E-state index >= 15 is 0 Å². The van der Waals surface area contributed by atoms with E-state index in [4.69, 9.17) is 10.5 Å². The van der Waals surface area contributed by atoms with Crippen LogP contribution in [-0.4, -0.2) is 36.5 Å². The van der Waals surface area contributed by atoms with Gasteiger partial charge in [-0.2, -0.15) is 0 Å². The molecule has 4 nitrogen and oxygen atoms in total. The molecule has 2 atom stereocenters. The number of hydrogen-bond donors (Lipinski definition) is 1. The number of ether oxygens (including phenoxy) is 1. The van der Waals surface area contributed by atoms with Gasteiger partial charge < -0.3 is 15.4 Å². The Balaban J connectivity index is 0.00000225. The number of amides is 1. The second-order valence-corrected chi connectivity index (χ2v) is 6.23. The molecule has 3 rings (SSSR count). The average molecular weight is 361 g/mol. The SMILES string of the molecule is CCOc1ccc(CC(=O)N2C[C@@H](N)[C@H](c3ccccc3)C2)cc1.Cl. The molecular weight excluding hydrogens is 336 g/mol. The summed E-state index contributed by atoms with van der Waals surface area (Å²) in [6.45, 7) is 3.92. The van der Waals surface area contributed by atoms with Gasteiger partial charge in [0.05, 0.1) is 13.0 Å². The van der Waals surface area contributed by atoms with Crippen LogP contribution in [0.25, 0.3) is 0 Å². The normalized spacial score (nSPS) is 19.4. The second kappa shape index (κ2) is 8.88. The number of nitrogens with zero attached hydrogens (tertiary/aromatic N) is 1. The molecule has 1 fully saturated rings. The van der Waals surface area contributed by atoms with Gasteiger partial charge in [-0.1, -0.05) is 42.5 Å². The van der Waals surface area contributed by atoms with E-state index in [0.717, 1.165) is 11.3 Å². The number of nitrogens with two attached hydrogens (primary N) is 1. The van der Waals surface area contributed by atoms with Crippen molar-refractivity contribution in [3.8, 4) is 5.75 Å². The van der Waals surface area contributed by atoms with Gasteiger partial charge >= 0.3 is 0 Å². The minimum Gasteiger partial charge on any atom is -0.494 e. The Kier molecular flexibility index (Phi) is 6.85. The predicted molar refractivity (Wildman–Crippen MR) is 102 cm³/mol. The number of rotatable bonds is 5. The van der Waals surface area contributed by atoms with Crippen LogP contribution < -0.4 is 10.5 Å². The summed E-state index contributed by atoms with van der Waals surface area (Å²) in [5.74, 6) is 1.18. The smallest absolute Gasteiger partial charge is 0.227 e. The monoisotopic (exact) mass is 360 g/mol. The Morgan fingerprint density at radius 2 is 1.80 bits per heavy atom. The summed E-state index contributed by atoms with van der Waals surface area (Å²) in [5.41, 5.74) is 8.49. The van der Waals surface area contributed by atoms with E-state index < -0.39 is 0 Å². The van der Waals surface area contributed by atoms with Crippen LogP contribution in [0.4, 0.5) is 0 Å². The van der Waals surface area contributed by atoms with Crippen LogP contribution >= 0.6 is 12.4 Å². The second-order valence-electron chi connectivity index (χ2n) is 6.23. The molecule has 134 valence electrons. The van der Waals surface area contributed by atoms with Crippen molar-refractivity contribution >= 4 is 18.3 Å². The first-order chi connectivity index (χ1) is 11.7. The summed E-state index contributed by atoms with van der Waals surface area (Å²) in [6, 6.07) is 17.9. The van der Waals surface area contributed by atoms with Gasteiger partial charge in [0.1, 0.15) is 5.75 Å². The van der Waals surface area contributed by atoms with Crippen molar-refractivity contribution in [2.24, 2.45) is 5.73 Å². The van der Waals surface area contributed by atoms with Crippen molar-refractivity contribution in [1.82, 2.24) is 4.90 Å². The molecule has 1 aliphatic rings. The van der Waals surface area contributed by atoms with Crippen molar-refractivity contribution in [1.29, 1.82) is 0 Å². The third-order valence-corrected chi connectivity index (χ3v) is 4.54. The molecule has 25 heavy (non-hydrogen) atoms. The zero-order valence-electron chi connectivity index (χ0n) is 14.4. The van der Waals surface area contributed by atoms with Crippen LogP contribution in [0.2, 0.25) is 0 Å². The largest absolute Gasteiger partial charge is 0.494 e. The topological polar surface area (TPSA) is 55.6 Å². The Labute approximate surface area is 155 Å². The first-order valence-electron chi connectivity index (χ1n) is 8.47. The fraction of sp³-hybridized carbons (Fsp3) is 0.350. The summed E-state index contributed by atoms with van der Waals surface area (Å²) in [4.78, 5) is 14.5. The van der Waals surface area contributed by atoms with E-state index in [1.54, 1.807) is 0 Å². The molecule has 1 saturated heterocycles. The first kappa shape index (κ1) is 19.3. The molecule has 0 bridgehead atoms. The highest BCUT2D eigenvalue weighted by Crippen LogP contribution is 2.26. The van der Waals surface area contributed by atoms with Crippen LogP contribution in [-0.2, 0) is 11.2 Å². The minimum absolute atomic E-state index is 0. The molecule has 2 N–H and O–H groups in total. The van der Waals surface area contributed by atoms with E-state index in [0.29, 0.717) is 26.1 Å². The molecule has 0 radical (unpaired) electrons. The molecule has 0 spiro atoms. The minimum atomic E-state index is -0.00307. The molecule has 0 unspecified atom stereocenters. The summed E-state index contributed by atoms with van der Waals surface area (Å²) in [5, 5.41) is 0. The maximum absolute atomic E-state index is 12.6. The van der Waals surface area contributed by atoms with Gasteiger partial charge in [-0.15, -0.1) is 12.4 Å². The van der Waals surface area contributed by atoms with E-state index in [-0.39, 0.29) is 30.3 Å². The number of halogens is 1. The number of likely N-dealkylation sites (tertiary alicyclic amines) is 1. The summed E-state index contributed by atoms with van der Waals surface area (Å²) in [7, 11) is 0. The lowest BCUT2D eigenvalue weighted by Crippen LogP contribution is -2.33. The molecule has 2 aromatic carbocycles. The summed E-state index contributed by atoms with van der Waals surface area (Å²) in [6.07, 6.45) is 0.403. The molecule has 1 heterocycles. The molecule has 0 aliphatic carbocycles. The average Bonchev–Trinajstić information content (AvgIpc) is 3.00. The quantitative estimate of drug-likeness (QED) is 0.891. The van der Waals surface area contributed by atoms with Crippen LogP contribution in [0.15, 0.2) is 54.6 Å². The summed E-state index contributed by atoms with van der Waals surface area (Å²) >= 11 is 0. The Bertz CT molecular complexity index is 676. The van der Waals surface area contributed by atoms with Crippen molar-refractivity contribution in [2.75, 3.05) is 19.7 Å².